The van der Waals surface area contributed by atoms with Crippen LogP contribution in [-0.2, 0) is 6.42 Å². The van der Waals surface area contributed by atoms with Gasteiger partial charge in [0.2, 0.25) is 0 Å². The summed E-state index contributed by atoms with van der Waals surface area (Å²) in [5.41, 5.74) is 3.83. The lowest BCUT2D eigenvalue weighted by molar-refractivity contribution is 0.804. The summed E-state index contributed by atoms with van der Waals surface area (Å²) in [6, 6.07) is 10.3. The van der Waals surface area contributed by atoms with Gasteiger partial charge in [-0.2, -0.15) is 5.10 Å². The zero-order valence-corrected chi connectivity index (χ0v) is 9.26. The van der Waals surface area contributed by atoms with Crippen LogP contribution in [0.3, 0.4) is 0 Å². The molecular formula is C14H15N2. The molecule has 0 spiro atoms. The van der Waals surface area contributed by atoms with E-state index in [1.807, 2.05) is 12.3 Å². The highest BCUT2D eigenvalue weighted by Gasteiger charge is 2.29. The largest absolute Gasteiger partial charge is 0.237 e. The van der Waals surface area contributed by atoms with Crippen molar-refractivity contribution in [2.75, 3.05) is 0 Å². The van der Waals surface area contributed by atoms with Gasteiger partial charge in [0.15, 0.2) is 0 Å². The van der Waals surface area contributed by atoms with Gasteiger partial charge in [-0.3, -0.25) is 0 Å². The third-order valence-corrected chi connectivity index (χ3v) is 3.12. The van der Waals surface area contributed by atoms with E-state index in [1.54, 1.807) is 0 Å². The Morgan fingerprint density at radius 2 is 2.00 bits per heavy atom. The Morgan fingerprint density at radius 1 is 1.25 bits per heavy atom. The minimum Gasteiger partial charge on any atom is -0.237 e. The SMILES string of the molecule is [CH2]Cc1cnn(-c2ccccc2)c1C1CC1. The fourth-order valence-corrected chi connectivity index (χ4v) is 2.15. The second-order valence-electron chi connectivity index (χ2n) is 4.33. The maximum Gasteiger partial charge on any atom is 0.0649 e. The van der Waals surface area contributed by atoms with Gasteiger partial charge in [0, 0.05) is 5.92 Å². The first-order chi connectivity index (χ1) is 7.90. The molecule has 1 aliphatic carbocycles. The molecule has 0 saturated heterocycles. The molecule has 1 heterocycles. The maximum atomic E-state index is 4.50. The van der Waals surface area contributed by atoms with Crippen molar-refractivity contribution in [3.63, 3.8) is 0 Å². The van der Waals surface area contributed by atoms with Gasteiger partial charge in [0.1, 0.15) is 0 Å². The lowest BCUT2D eigenvalue weighted by Gasteiger charge is -2.07. The molecule has 1 saturated carbocycles. The minimum atomic E-state index is 0.708. The number of aromatic nitrogens is 2. The van der Waals surface area contributed by atoms with Gasteiger partial charge in [-0.05, 0) is 43.9 Å². The Bertz CT molecular complexity index is 481. The number of hydrogen-bond donors (Lipinski definition) is 0. The summed E-state index contributed by atoms with van der Waals surface area (Å²) in [4.78, 5) is 0. The van der Waals surface area contributed by atoms with Gasteiger partial charge in [0.05, 0.1) is 17.6 Å². The molecule has 2 aromatic rings. The van der Waals surface area contributed by atoms with Crippen LogP contribution in [0.25, 0.3) is 5.69 Å². The van der Waals surface area contributed by atoms with E-state index in [2.05, 4.69) is 41.0 Å². The highest BCUT2D eigenvalue weighted by atomic mass is 15.3. The highest BCUT2D eigenvalue weighted by molar-refractivity contribution is 5.38. The lowest BCUT2D eigenvalue weighted by Crippen LogP contribution is -2.02. The molecule has 81 valence electrons. The molecule has 2 heteroatoms. The zero-order chi connectivity index (χ0) is 11.0. The molecule has 0 atom stereocenters. The molecule has 0 aliphatic heterocycles. The predicted molar refractivity (Wildman–Crippen MR) is 64.6 cm³/mol. The van der Waals surface area contributed by atoms with Crippen molar-refractivity contribution < 1.29 is 0 Å². The van der Waals surface area contributed by atoms with Crippen LogP contribution in [0, 0.1) is 6.92 Å². The van der Waals surface area contributed by atoms with Crippen LogP contribution in [0.2, 0.25) is 0 Å². The average molecular weight is 211 g/mol. The van der Waals surface area contributed by atoms with Gasteiger partial charge in [-0.1, -0.05) is 18.2 Å². The third-order valence-electron chi connectivity index (χ3n) is 3.12. The molecule has 1 aromatic carbocycles. The van der Waals surface area contributed by atoms with E-state index in [0.717, 1.165) is 12.1 Å². The van der Waals surface area contributed by atoms with Crippen molar-refractivity contribution >= 4 is 0 Å². The number of para-hydroxylation sites is 1. The Hall–Kier alpha value is -1.57. The van der Waals surface area contributed by atoms with Crippen molar-refractivity contribution in [1.29, 1.82) is 0 Å². The van der Waals surface area contributed by atoms with E-state index in [0.29, 0.717) is 5.92 Å². The first kappa shape index (κ1) is 9.64. The Morgan fingerprint density at radius 3 is 2.62 bits per heavy atom. The van der Waals surface area contributed by atoms with Crippen LogP contribution in [-0.4, -0.2) is 9.78 Å². The van der Waals surface area contributed by atoms with Crippen molar-refractivity contribution in [1.82, 2.24) is 9.78 Å². The Balaban J connectivity index is 2.10. The zero-order valence-electron chi connectivity index (χ0n) is 9.26. The van der Waals surface area contributed by atoms with Crippen LogP contribution in [0.1, 0.15) is 30.0 Å². The lowest BCUT2D eigenvalue weighted by atomic mass is 10.1. The number of benzene rings is 1. The van der Waals surface area contributed by atoms with E-state index in [-0.39, 0.29) is 0 Å². The topological polar surface area (TPSA) is 17.8 Å². The summed E-state index contributed by atoms with van der Waals surface area (Å²) < 4.78 is 2.08. The molecule has 2 nitrogen and oxygen atoms in total. The third kappa shape index (κ3) is 1.54. The summed E-state index contributed by atoms with van der Waals surface area (Å²) in [7, 11) is 0. The maximum absolute atomic E-state index is 4.50. The molecule has 0 amide bonds. The average Bonchev–Trinajstić information content (AvgIpc) is 3.09. The monoisotopic (exact) mass is 211 g/mol. The van der Waals surface area contributed by atoms with Gasteiger partial charge < -0.3 is 0 Å². The number of nitrogens with zero attached hydrogens (tertiary/aromatic N) is 2. The summed E-state index contributed by atoms with van der Waals surface area (Å²) >= 11 is 0. The molecule has 0 N–H and O–H groups in total. The summed E-state index contributed by atoms with van der Waals surface area (Å²) in [6.45, 7) is 3.98. The van der Waals surface area contributed by atoms with E-state index in [4.69, 9.17) is 0 Å². The predicted octanol–water partition coefficient (Wildman–Crippen LogP) is 3.13. The normalized spacial score (nSPS) is 15.3. The molecule has 0 bridgehead atoms. The van der Waals surface area contributed by atoms with Gasteiger partial charge in [-0.15, -0.1) is 0 Å². The van der Waals surface area contributed by atoms with Crippen molar-refractivity contribution in [3.05, 3.63) is 54.7 Å². The molecule has 1 aliphatic rings. The molecule has 16 heavy (non-hydrogen) atoms. The van der Waals surface area contributed by atoms with Gasteiger partial charge in [0.25, 0.3) is 0 Å². The van der Waals surface area contributed by atoms with Crippen LogP contribution in [0.4, 0.5) is 0 Å². The number of rotatable bonds is 3. The van der Waals surface area contributed by atoms with Gasteiger partial charge in [-0.25, -0.2) is 4.68 Å². The summed E-state index contributed by atoms with van der Waals surface area (Å²) in [6.07, 6.45) is 5.39. The molecule has 1 radical (unpaired) electrons. The first-order valence-corrected chi connectivity index (χ1v) is 5.81. The van der Waals surface area contributed by atoms with Crippen molar-refractivity contribution in [3.8, 4) is 5.69 Å². The summed E-state index contributed by atoms with van der Waals surface area (Å²) in [5.74, 6) is 0.708. The number of hydrogen-bond acceptors (Lipinski definition) is 1. The molecule has 1 aromatic heterocycles. The second kappa shape index (κ2) is 3.78. The quantitative estimate of drug-likeness (QED) is 0.762. The highest BCUT2D eigenvalue weighted by Crippen LogP contribution is 2.42. The Labute approximate surface area is 95.9 Å². The fraction of sp³-hybridized carbons (Fsp3) is 0.286. The van der Waals surface area contributed by atoms with E-state index in [9.17, 15) is 0 Å². The smallest absolute Gasteiger partial charge is 0.0649 e. The minimum absolute atomic E-state index is 0.708. The van der Waals surface area contributed by atoms with Crippen LogP contribution in [0.5, 0.6) is 0 Å². The van der Waals surface area contributed by atoms with Gasteiger partial charge >= 0.3 is 0 Å². The van der Waals surface area contributed by atoms with E-state index in [1.165, 1.54) is 24.1 Å². The van der Waals surface area contributed by atoms with E-state index < -0.39 is 0 Å². The standard InChI is InChI=1S/C14H15N2/c1-2-11-10-15-16(14(11)12-8-9-12)13-6-4-3-5-7-13/h3-7,10,12H,1-2,8-9H2. The Kier molecular flexibility index (Phi) is 2.28. The van der Waals surface area contributed by atoms with Crippen LogP contribution >= 0.6 is 0 Å². The molecule has 0 unspecified atom stereocenters. The van der Waals surface area contributed by atoms with E-state index >= 15 is 0 Å². The molecular weight excluding hydrogens is 196 g/mol. The second-order valence-corrected chi connectivity index (χ2v) is 4.33. The van der Waals surface area contributed by atoms with Crippen molar-refractivity contribution in [2.45, 2.75) is 25.2 Å². The van der Waals surface area contributed by atoms with Crippen LogP contribution < -0.4 is 0 Å². The van der Waals surface area contributed by atoms with Crippen LogP contribution in [0.15, 0.2) is 36.5 Å². The molecule has 3 rings (SSSR count). The van der Waals surface area contributed by atoms with Crippen molar-refractivity contribution in [2.24, 2.45) is 0 Å². The first-order valence-electron chi connectivity index (χ1n) is 5.81. The fourth-order valence-electron chi connectivity index (χ4n) is 2.15. The summed E-state index contributed by atoms with van der Waals surface area (Å²) in [5, 5.41) is 4.50. The molecule has 1 fully saturated rings.